The molecule has 4 rings (SSSR count). The molecule has 1 aliphatic heterocycles. The lowest BCUT2D eigenvalue weighted by molar-refractivity contribution is -0.362. The van der Waals surface area contributed by atoms with Crippen LogP contribution in [0.15, 0.2) is 11.6 Å². The summed E-state index contributed by atoms with van der Waals surface area (Å²) in [5, 5.41) is 25.1. The number of fused-ring (bicyclic) bond motifs is 4. The monoisotopic (exact) mass is 538 g/mol. The van der Waals surface area contributed by atoms with Crippen molar-refractivity contribution >= 4 is 23.9 Å². The Bertz CT molecular complexity index is 1090. The second-order valence-electron chi connectivity index (χ2n) is 12.1. The average Bonchev–Trinajstić information content (AvgIpc) is 3.13. The van der Waals surface area contributed by atoms with Gasteiger partial charge >= 0.3 is 23.9 Å². The Morgan fingerprint density at radius 3 is 2.08 bits per heavy atom. The summed E-state index contributed by atoms with van der Waals surface area (Å²) in [6.45, 7) is 10.4. The van der Waals surface area contributed by atoms with Crippen LogP contribution in [-0.2, 0) is 42.9 Å². The van der Waals surface area contributed by atoms with Gasteiger partial charge in [0.1, 0.15) is 17.8 Å². The molecule has 0 radical (unpaired) electrons. The summed E-state index contributed by atoms with van der Waals surface area (Å²) in [6.07, 6.45) is -1.79. The molecule has 9 atom stereocenters. The molecule has 0 bridgehead atoms. The fraction of sp³-hybridized carbons (Fsp3) is 0.778. The van der Waals surface area contributed by atoms with Crippen molar-refractivity contribution in [2.45, 2.75) is 103 Å². The maximum atomic E-state index is 12.9. The molecule has 3 saturated carbocycles. The predicted molar refractivity (Wildman–Crippen MR) is 129 cm³/mol. The molecule has 0 saturated heterocycles. The van der Waals surface area contributed by atoms with Crippen LogP contribution in [0, 0.1) is 22.7 Å². The molecule has 0 unspecified atom stereocenters. The van der Waals surface area contributed by atoms with Crippen LogP contribution in [0.1, 0.15) is 67.7 Å². The van der Waals surface area contributed by atoms with Gasteiger partial charge < -0.3 is 33.9 Å². The zero-order chi connectivity index (χ0) is 28.6. The number of ether oxygens (including phenoxy) is 5. The first-order valence-electron chi connectivity index (χ1n) is 12.9. The standard InChI is InChI=1S/C27H38O11/c1-13(28)35-18-9-10-23(4,5)27(33)22(37-15(3)30)21(36-14(2)29)20-16(24(18,27)6)12-26(34-8)17(25(20,7)32)11-19(31)38-26/h11,16,18,20-22,32-33H,9-10,12H2,1-8H3/t16-,18+,20-,21-,22+,24+,25-,26-,27-/m1/s1. The molecule has 3 aliphatic carbocycles. The van der Waals surface area contributed by atoms with Gasteiger partial charge in [-0.15, -0.1) is 0 Å². The number of aliphatic hydroxyl groups is 2. The Morgan fingerprint density at radius 1 is 0.974 bits per heavy atom. The minimum absolute atomic E-state index is 0.0426. The van der Waals surface area contributed by atoms with Gasteiger partial charge in [-0.1, -0.05) is 20.8 Å². The zero-order valence-corrected chi connectivity index (χ0v) is 23.2. The van der Waals surface area contributed by atoms with E-state index in [2.05, 4.69) is 0 Å². The minimum atomic E-state index is -1.93. The first-order chi connectivity index (χ1) is 17.4. The van der Waals surface area contributed by atoms with Gasteiger partial charge in [-0.2, -0.15) is 0 Å². The van der Waals surface area contributed by atoms with Crippen LogP contribution in [0.3, 0.4) is 0 Å². The fourth-order valence-electron chi connectivity index (χ4n) is 8.15. The minimum Gasteiger partial charge on any atom is -0.462 e. The van der Waals surface area contributed by atoms with Crippen LogP contribution in [0.2, 0.25) is 0 Å². The van der Waals surface area contributed by atoms with Crippen molar-refractivity contribution in [3.63, 3.8) is 0 Å². The van der Waals surface area contributed by atoms with Crippen molar-refractivity contribution in [2.24, 2.45) is 22.7 Å². The summed E-state index contributed by atoms with van der Waals surface area (Å²) in [6, 6.07) is 0. The molecular weight excluding hydrogens is 500 g/mol. The summed E-state index contributed by atoms with van der Waals surface area (Å²) in [5.41, 5.74) is -6.03. The van der Waals surface area contributed by atoms with E-state index in [1.165, 1.54) is 34.8 Å². The fourth-order valence-corrected chi connectivity index (χ4v) is 8.15. The summed E-state index contributed by atoms with van der Waals surface area (Å²) >= 11 is 0. The van der Waals surface area contributed by atoms with E-state index in [0.717, 1.165) is 6.08 Å². The van der Waals surface area contributed by atoms with Crippen LogP contribution in [0.5, 0.6) is 0 Å². The Balaban J connectivity index is 2.08. The third-order valence-corrected chi connectivity index (χ3v) is 9.68. The van der Waals surface area contributed by atoms with Crippen LogP contribution in [0.4, 0.5) is 0 Å². The molecule has 0 aromatic rings. The molecule has 0 aromatic heterocycles. The summed E-state index contributed by atoms with van der Waals surface area (Å²) in [5.74, 6) is -6.23. The number of hydrogen-bond acceptors (Lipinski definition) is 11. The van der Waals surface area contributed by atoms with Gasteiger partial charge in [0.15, 0.2) is 6.10 Å². The summed E-state index contributed by atoms with van der Waals surface area (Å²) in [4.78, 5) is 49.7. The van der Waals surface area contributed by atoms with E-state index >= 15 is 0 Å². The first kappa shape index (κ1) is 28.5. The Labute approximate surface area is 221 Å². The summed E-state index contributed by atoms with van der Waals surface area (Å²) < 4.78 is 28.8. The second-order valence-corrected chi connectivity index (χ2v) is 12.1. The van der Waals surface area contributed by atoms with Gasteiger partial charge in [0, 0.05) is 57.3 Å². The second kappa shape index (κ2) is 8.76. The van der Waals surface area contributed by atoms with Gasteiger partial charge in [0.05, 0.1) is 5.60 Å². The molecule has 2 N–H and O–H groups in total. The SMILES string of the molecule is CO[C@@]12C[C@@H]3[C@H]([C@@H](OC(C)=O)[C@H](OC(C)=O)[C@@]4(O)C(C)(C)CC[C@H](OC(C)=O)[C@]34C)[C@](C)(O)C1=CC(=O)O2. The van der Waals surface area contributed by atoms with Crippen molar-refractivity contribution in [3.8, 4) is 0 Å². The smallest absolute Gasteiger partial charge is 0.333 e. The molecule has 11 heteroatoms. The van der Waals surface area contributed by atoms with Gasteiger partial charge in [-0.05, 0) is 31.1 Å². The number of rotatable bonds is 4. The first-order valence-corrected chi connectivity index (χ1v) is 12.9. The molecule has 11 nitrogen and oxygen atoms in total. The number of esters is 4. The Kier molecular flexibility index (Phi) is 6.57. The molecular formula is C27H38O11. The zero-order valence-electron chi connectivity index (χ0n) is 23.2. The third kappa shape index (κ3) is 3.65. The normalized spacial score (nSPS) is 44.9. The summed E-state index contributed by atoms with van der Waals surface area (Å²) in [7, 11) is 1.35. The van der Waals surface area contributed by atoms with Crippen molar-refractivity contribution in [1.82, 2.24) is 0 Å². The molecule has 212 valence electrons. The highest BCUT2D eigenvalue weighted by atomic mass is 16.7. The van der Waals surface area contributed by atoms with E-state index < -0.39 is 81.8 Å². The molecule has 1 heterocycles. The maximum absolute atomic E-state index is 12.9. The van der Waals surface area contributed by atoms with Gasteiger partial charge in [0.25, 0.3) is 0 Å². The molecule has 3 fully saturated rings. The number of methoxy groups -OCH3 is 1. The van der Waals surface area contributed by atoms with E-state index in [1.807, 2.05) is 13.8 Å². The van der Waals surface area contributed by atoms with Crippen molar-refractivity contribution in [1.29, 1.82) is 0 Å². The highest BCUT2D eigenvalue weighted by Crippen LogP contribution is 2.70. The molecule has 0 amide bonds. The number of hydrogen-bond donors (Lipinski definition) is 2. The van der Waals surface area contributed by atoms with Crippen LogP contribution >= 0.6 is 0 Å². The lowest BCUT2D eigenvalue weighted by atomic mass is 9.38. The van der Waals surface area contributed by atoms with Gasteiger partial charge in [-0.3, -0.25) is 14.4 Å². The van der Waals surface area contributed by atoms with Gasteiger partial charge in [-0.25, -0.2) is 4.79 Å². The highest BCUT2D eigenvalue weighted by Gasteiger charge is 2.80. The van der Waals surface area contributed by atoms with E-state index in [9.17, 15) is 29.4 Å². The lowest BCUT2D eigenvalue weighted by Gasteiger charge is -2.71. The number of carbonyl (C=O) groups is 4. The van der Waals surface area contributed by atoms with Gasteiger partial charge in [0.2, 0.25) is 5.79 Å². The van der Waals surface area contributed by atoms with E-state index in [1.54, 1.807) is 6.92 Å². The molecule has 0 spiro atoms. The predicted octanol–water partition coefficient (Wildman–Crippen LogP) is 1.57. The van der Waals surface area contributed by atoms with Crippen molar-refractivity contribution < 1.29 is 53.1 Å². The van der Waals surface area contributed by atoms with E-state index in [4.69, 9.17) is 23.7 Å². The third-order valence-electron chi connectivity index (χ3n) is 9.68. The quantitative estimate of drug-likeness (QED) is 0.396. The number of carbonyl (C=O) groups excluding carboxylic acids is 4. The maximum Gasteiger partial charge on any atom is 0.333 e. The average molecular weight is 539 g/mol. The van der Waals surface area contributed by atoms with Crippen LogP contribution < -0.4 is 0 Å². The largest absolute Gasteiger partial charge is 0.462 e. The van der Waals surface area contributed by atoms with Crippen molar-refractivity contribution in [2.75, 3.05) is 7.11 Å². The molecule has 38 heavy (non-hydrogen) atoms. The van der Waals surface area contributed by atoms with E-state index in [-0.39, 0.29) is 12.0 Å². The van der Waals surface area contributed by atoms with E-state index in [0.29, 0.717) is 12.8 Å². The van der Waals surface area contributed by atoms with Crippen molar-refractivity contribution in [3.05, 3.63) is 11.6 Å². The molecule has 4 aliphatic rings. The highest BCUT2D eigenvalue weighted by molar-refractivity contribution is 5.87. The molecule has 0 aromatic carbocycles. The van der Waals surface area contributed by atoms with Crippen LogP contribution in [0.25, 0.3) is 0 Å². The van der Waals surface area contributed by atoms with Crippen LogP contribution in [-0.4, -0.2) is 76.5 Å². The topological polar surface area (TPSA) is 155 Å². The Morgan fingerprint density at radius 2 is 1.55 bits per heavy atom. The lowest BCUT2D eigenvalue weighted by Crippen LogP contribution is -2.82. The Hall–Kier alpha value is -2.50.